The van der Waals surface area contributed by atoms with Gasteiger partial charge in [-0.3, -0.25) is 9.52 Å². The molecule has 13 heteroatoms. The van der Waals surface area contributed by atoms with Crippen LogP contribution in [0.4, 0.5) is 24.5 Å². The number of nitrogens with one attached hydrogen (secondary N) is 2. The molecule has 4 rings (SSSR count). The van der Waals surface area contributed by atoms with Crippen molar-refractivity contribution in [3.63, 3.8) is 0 Å². The Bertz CT molecular complexity index is 1460. The summed E-state index contributed by atoms with van der Waals surface area (Å²) >= 11 is 6.96. The molecule has 0 spiro atoms. The van der Waals surface area contributed by atoms with Crippen LogP contribution in [0.2, 0.25) is 5.02 Å². The molecule has 192 valence electrons. The maximum absolute atomic E-state index is 12.5. The van der Waals surface area contributed by atoms with Crippen LogP contribution in [0.3, 0.4) is 0 Å². The van der Waals surface area contributed by atoms with Crippen molar-refractivity contribution >= 4 is 61.9 Å². The molecule has 0 aliphatic carbocycles. The van der Waals surface area contributed by atoms with E-state index in [4.69, 9.17) is 16.3 Å². The molecule has 1 fully saturated rings. The Morgan fingerprint density at radius 3 is 2.27 bits per heavy atom. The molecule has 1 saturated heterocycles. The number of sulfonamides is 1. The Labute approximate surface area is 219 Å². The molecule has 1 aliphatic heterocycles. The van der Waals surface area contributed by atoms with Gasteiger partial charge in [0.25, 0.3) is 5.91 Å². The van der Waals surface area contributed by atoms with Crippen molar-refractivity contribution in [1.82, 2.24) is 5.32 Å². The maximum Gasteiger partial charge on any atom is 0.516 e. The summed E-state index contributed by atoms with van der Waals surface area (Å²) in [6.45, 7) is 0.380. The van der Waals surface area contributed by atoms with Crippen molar-refractivity contribution in [2.45, 2.75) is 12.1 Å². The summed E-state index contributed by atoms with van der Waals surface area (Å²) in [6, 6.07) is 19.4. The zero-order valence-electron chi connectivity index (χ0n) is 18.6. The number of alkyl halides is 3. The lowest BCUT2D eigenvalue weighted by Crippen LogP contribution is -2.29. The third-order valence-electron chi connectivity index (χ3n) is 4.80. The predicted molar refractivity (Wildman–Crippen MR) is 138 cm³/mol. The second-order valence-corrected chi connectivity index (χ2v) is 10.7. The summed E-state index contributed by atoms with van der Waals surface area (Å²) in [7, 11) is -5.52. The summed E-state index contributed by atoms with van der Waals surface area (Å²) in [6.07, 6.45) is 1.68. The van der Waals surface area contributed by atoms with Gasteiger partial charge < -0.3 is 10.1 Å². The van der Waals surface area contributed by atoms with E-state index in [1.165, 1.54) is 16.9 Å². The molecule has 3 aromatic rings. The van der Waals surface area contributed by atoms with Gasteiger partial charge in [-0.05, 0) is 77.5 Å². The molecule has 2 N–H and O–H groups in total. The van der Waals surface area contributed by atoms with E-state index < -0.39 is 15.5 Å². The van der Waals surface area contributed by atoms with Crippen LogP contribution in [0.5, 0.6) is 5.75 Å². The minimum atomic E-state index is -5.52. The van der Waals surface area contributed by atoms with E-state index in [1.54, 1.807) is 42.5 Å². The normalized spacial score (nSPS) is 16.2. The molecular weight excluding hydrogens is 551 g/mol. The van der Waals surface area contributed by atoms with Gasteiger partial charge in [-0.1, -0.05) is 35.9 Å². The molecule has 3 aromatic carbocycles. The molecule has 0 atom stereocenters. The number of rotatable bonds is 7. The minimum Gasteiger partial charge on any atom is -0.489 e. The van der Waals surface area contributed by atoms with E-state index in [2.05, 4.69) is 10.3 Å². The van der Waals surface area contributed by atoms with Crippen molar-refractivity contribution in [3.05, 3.63) is 93.9 Å². The number of aliphatic imine (C=N–C) groups is 1. The molecule has 0 radical (unpaired) electrons. The first-order chi connectivity index (χ1) is 17.5. The fourth-order valence-electron chi connectivity index (χ4n) is 2.97. The summed E-state index contributed by atoms with van der Waals surface area (Å²) in [5.74, 6) is 0.297. The number of hydrogen-bond acceptors (Lipinski definition) is 6. The maximum atomic E-state index is 12.5. The molecule has 7 nitrogen and oxygen atoms in total. The third kappa shape index (κ3) is 7.06. The van der Waals surface area contributed by atoms with E-state index in [-0.39, 0.29) is 16.8 Å². The highest BCUT2D eigenvalue weighted by atomic mass is 35.5. The van der Waals surface area contributed by atoms with Crippen LogP contribution in [0.15, 0.2) is 82.7 Å². The zero-order chi connectivity index (χ0) is 26.6. The highest BCUT2D eigenvalue weighted by molar-refractivity contribution is 8.18. The van der Waals surface area contributed by atoms with Gasteiger partial charge in [0.15, 0.2) is 5.17 Å². The van der Waals surface area contributed by atoms with Crippen LogP contribution in [0.25, 0.3) is 6.08 Å². The van der Waals surface area contributed by atoms with Crippen LogP contribution in [0, 0.1) is 0 Å². The van der Waals surface area contributed by atoms with Gasteiger partial charge in [0.05, 0.1) is 10.6 Å². The lowest BCUT2D eigenvalue weighted by atomic mass is 10.2. The van der Waals surface area contributed by atoms with Crippen molar-refractivity contribution in [2.24, 2.45) is 4.99 Å². The number of nitrogens with zero attached hydrogens (tertiary/aromatic N) is 1. The number of hydrogen-bond donors (Lipinski definition) is 2. The van der Waals surface area contributed by atoms with Crippen LogP contribution in [-0.2, 0) is 21.4 Å². The van der Waals surface area contributed by atoms with Crippen molar-refractivity contribution in [2.75, 3.05) is 4.72 Å². The van der Waals surface area contributed by atoms with Gasteiger partial charge in [0.2, 0.25) is 0 Å². The van der Waals surface area contributed by atoms with Crippen molar-refractivity contribution in [1.29, 1.82) is 0 Å². The molecule has 0 aromatic heterocycles. The number of carbonyl (C=O) groups is 1. The number of halogens is 4. The topological polar surface area (TPSA) is 96.9 Å². The van der Waals surface area contributed by atoms with E-state index in [0.29, 0.717) is 28.0 Å². The summed E-state index contributed by atoms with van der Waals surface area (Å²) in [5.41, 5.74) is -3.66. The molecule has 1 aliphatic rings. The summed E-state index contributed by atoms with van der Waals surface area (Å²) < 4.78 is 67.1. The standard InChI is InChI=1S/C24H17ClF3N3O4S2/c25-17-5-1-16(2-6-17)14-35-20-11-3-15(4-12-20)13-21-22(32)30-23(36-21)29-18-7-9-19(10-8-18)31-37(33,34)24(26,27)28/h1-13,31H,14H2,(H,29,30,32)/b21-13+. The molecule has 0 unspecified atom stereocenters. The Morgan fingerprint density at radius 2 is 1.65 bits per heavy atom. The molecule has 0 saturated carbocycles. The first-order valence-electron chi connectivity index (χ1n) is 10.4. The summed E-state index contributed by atoms with van der Waals surface area (Å²) in [5, 5.41) is 3.53. The Balaban J connectivity index is 1.37. The van der Waals surface area contributed by atoms with Crippen LogP contribution >= 0.6 is 23.4 Å². The SMILES string of the molecule is O=C1NC(=Nc2ccc(NS(=O)(=O)C(F)(F)F)cc2)S/C1=C/c1ccc(OCc2ccc(Cl)cc2)cc1. The Morgan fingerprint density at radius 1 is 1.00 bits per heavy atom. The van der Waals surface area contributed by atoms with Gasteiger partial charge in [-0.15, -0.1) is 0 Å². The second kappa shape index (κ2) is 10.9. The highest BCUT2D eigenvalue weighted by Gasteiger charge is 2.46. The molecule has 1 heterocycles. The van der Waals surface area contributed by atoms with Crippen molar-refractivity contribution < 1.29 is 31.1 Å². The van der Waals surface area contributed by atoms with Crippen LogP contribution in [-0.4, -0.2) is 25.0 Å². The first-order valence-corrected chi connectivity index (χ1v) is 13.1. The van der Waals surface area contributed by atoms with Gasteiger partial charge in [-0.25, -0.2) is 4.99 Å². The zero-order valence-corrected chi connectivity index (χ0v) is 21.0. The number of ether oxygens (including phenoxy) is 1. The largest absolute Gasteiger partial charge is 0.516 e. The average Bonchev–Trinajstić information content (AvgIpc) is 3.18. The predicted octanol–water partition coefficient (Wildman–Crippen LogP) is 6.07. The van der Waals surface area contributed by atoms with E-state index in [1.807, 2.05) is 12.1 Å². The van der Waals surface area contributed by atoms with Crippen molar-refractivity contribution in [3.8, 4) is 5.75 Å². The van der Waals surface area contributed by atoms with Gasteiger partial charge in [-0.2, -0.15) is 21.6 Å². The fraction of sp³-hybridized carbons (Fsp3) is 0.0833. The van der Waals surface area contributed by atoms with Gasteiger partial charge in [0, 0.05) is 10.7 Å². The van der Waals surface area contributed by atoms with Crippen LogP contribution < -0.4 is 14.8 Å². The smallest absolute Gasteiger partial charge is 0.489 e. The van der Waals surface area contributed by atoms with Gasteiger partial charge >= 0.3 is 15.5 Å². The molecule has 1 amide bonds. The third-order valence-corrected chi connectivity index (χ3v) is 7.08. The monoisotopic (exact) mass is 567 g/mol. The minimum absolute atomic E-state index is 0.266. The number of amidine groups is 1. The van der Waals surface area contributed by atoms with E-state index in [9.17, 15) is 26.4 Å². The van der Waals surface area contributed by atoms with E-state index >= 15 is 0 Å². The molecular formula is C24H17ClF3N3O4S2. The van der Waals surface area contributed by atoms with Gasteiger partial charge in [0.1, 0.15) is 12.4 Å². The highest BCUT2D eigenvalue weighted by Crippen LogP contribution is 2.30. The Hall–Kier alpha value is -3.48. The number of carbonyl (C=O) groups excluding carboxylic acids is 1. The number of benzene rings is 3. The van der Waals surface area contributed by atoms with E-state index in [0.717, 1.165) is 35.0 Å². The number of anilines is 1. The number of amides is 1. The van der Waals surface area contributed by atoms with Crippen LogP contribution in [0.1, 0.15) is 11.1 Å². The molecule has 0 bridgehead atoms. The lowest BCUT2D eigenvalue weighted by molar-refractivity contribution is -0.115. The quantitative estimate of drug-likeness (QED) is 0.338. The Kier molecular flexibility index (Phi) is 7.81. The fourth-order valence-corrected chi connectivity index (χ4v) is 4.50. The molecule has 37 heavy (non-hydrogen) atoms. The first kappa shape index (κ1) is 26.6. The lowest BCUT2D eigenvalue weighted by Gasteiger charge is -2.10. The number of thioether (sulfide) groups is 1. The second-order valence-electron chi connectivity index (χ2n) is 7.56. The average molecular weight is 568 g/mol. The summed E-state index contributed by atoms with van der Waals surface area (Å²) in [4.78, 5) is 17.0.